The molecular formula is C23H23ClFNO5. The van der Waals surface area contributed by atoms with Crippen LogP contribution >= 0.6 is 11.6 Å². The summed E-state index contributed by atoms with van der Waals surface area (Å²) >= 11 is 5.81. The van der Waals surface area contributed by atoms with E-state index in [1.807, 2.05) is 0 Å². The minimum atomic E-state index is -4.01. The van der Waals surface area contributed by atoms with E-state index < -0.39 is 94.2 Å². The number of aromatic carboxylic acids is 1. The lowest BCUT2D eigenvalue weighted by atomic mass is 9.98. The maximum atomic E-state index is 14.9. The van der Waals surface area contributed by atoms with Gasteiger partial charge in [0.05, 0.1) is 34.3 Å². The molecule has 6 nitrogen and oxygen atoms in total. The number of hydrogen-bond acceptors (Lipinski definition) is 4. The molecule has 1 aromatic heterocycles. The maximum absolute atomic E-state index is 14.9. The Hall–Kier alpha value is -2.90. The number of carboxylic acid groups (broad SMARTS) is 1. The average molecular weight is 459 g/mol. The zero-order chi connectivity index (χ0) is 32.4. The molecular weight excluding hydrogens is 425 g/mol. The van der Waals surface area contributed by atoms with Crippen molar-refractivity contribution in [3.05, 3.63) is 74.3 Å². The summed E-state index contributed by atoms with van der Waals surface area (Å²) in [6.07, 6.45) is -2.50. The summed E-state index contributed by atoms with van der Waals surface area (Å²) in [6.45, 7) is -11.3. The summed E-state index contributed by atoms with van der Waals surface area (Å²) in [5.74, 6) is -6.62. The van der Waals surface area contributed by atoms with Gasteiger partial charge in [0.2, 0.25) is 5.43 Å². The van der Waals surface area contributed by atoms with E-state index in [4.69, 9.17) is 31.4 Å². The number of hydrogen-bond donors (Lipinski definition) is 2. The van der Waals surface area contributed by atoms with E-state index in [9.17, 15) is 24.2 Å². The van der Waals surface area contributed by atoms with Gasteiger partial charge in [-0.2, -0.15) is 0 Å². The smallest absolute Gasteiger partial charge is 0.341 e. The minimum absolute atomic E-state index is 0.193. The fourth-order valence-electron chi connectivity index (χ4n) is 2.97. The molecule has 1 atom stereocenters. The van der Waals surface area contributed by atoms with Crippen molar-refractivity contribution in [2.75, 3.05) is 13.7 Å². The molecule has 3 rings (SSSR count). The van der Waals surface area contributed by atoms with Crippen molar-refractivity contribution in [2.24, 2.45) is 5.92 Å². The summed E-state index contributed by atoms with van der Waals surface area (Å²) in [5, 5.41) is 19.0. The zero-order valence-corrected chi connectivity index (χ0v) is 16.6. The van der Waals surface area contributed by atoms with Crippen LogP contribution in [0.5, 0.6) is 5.75 Å². The van der Waals surface area contributed by atoms with Gasteiger partial charge in [-0.05, 0) is 29.2 Å². The number of ether oxygens (including phenoxy) is 1. The molecule has 2 aromatic carbocycles. The quantitative estimate of drug-likeness (QED) is 0.551. The molecule has 0 fully saturated rings. The monoisotopic (exact) mass is 458 g/mol. The van der Waals surface area contributed by atoms with Gasteiger partial charge in [-0.15, -0.1) is 0 Å². The van der Waals surface area contributed by atoms with Crippen LogP contribution in [0.3, 0.4) is 0 Å². The molecule has 31 heavy (non-hydrogen) atoms. The van der Waals surface area contributed by atoms with Crippen LogP contribution in [0.1, 0.15) is 56.3 Å². The van der Waals surface area contributed by atoms with E-state index in [-0.39, 0.29) is 4.57 Å². The van der Waals surface area contributed by atoms with E-state index in [1.165, 1.54) is 6.07 Å². The zero-order valence-electron chi connectivity index (χ0n) is 26.9. The van der Waals surface area contributed by atoms with Crippen LogP contribution in [-0.2, 0) is 6.37 Å². The Morgan fingerprint density at radius 2 is 2.13 bits per heavy atom. The summed E-state index contributed by atoms with van der Waals surface area (Å²) < 4.78 is 109. The fraction of sp³-hybridized carbons (Fsp3) is 0.304. The molecule has 2 N–H and O–H groups in total. The number of fused-ring (bicyclic) bond motifs is 1. The molecule has 1 heterocycles. The third-order valence-electron chi connectivity index (χ3n) is 4.42. The van der Waals surface area contributed by atoms with E-state index in [1.54, 1.807) is 0 Å². The SMILES string of the molecule is [2H]C([2H])(c1cc2c(=O)c(C(=O)O)cn([C@@]([2H])(C(C([2H])([2H])[2H])C([2H])([2H])[2H])C([2H])([2H])O)c2cc1OC)c1cccc(Cl)c1F. The van der Waals surface area contributed by atoms with Gasteiger partial charge >= 0.3 is 5.97 Å². The lowest BCUT2D eigenvalue weighted by molar-refractivity contribution is 0.0694. The van der Waals surface area contributed by atoms with Crippen LogP contribution in [0.4, 0.5) is 4.39 Å². The van der Waals surface area contributed by atoms with Gasteiger partial charge in [-0.25, -0.2) is 9.18 Å². The summed E-state index contributed by atoms with van der Waals surface area (Å²) in [4.78, 5) is 25.4. The molecule has 0 radical (unpaired) electrons. The second kappa shape index (κ2) is 9.08. The predicted octanol–water partition coefficient (Wildman–Crippen LogP) is 4.28. The first-order chi connectivity index (χ1) is 18.9. The Bertz CT molecular complexity index is 1600. The number of benzene rings is 2. The lowest BCUT2D eigenvalue weighted by Gasteiger charge is -2.25. The first kappa shape index (κ1) is 12.2. The highest BCUT2D eigenvalue weighted by molar-refractivity contribution is 6.30. The highest BCUT2D eigenvalue weighted by Crippen LogP contribution is 2.31. The lowest BCUT2D eigenvalue weighted by Crippen LogP contribution is -2.25. The van der Waals surface area contributed by atoms with Gasteiger partial charge in [0.25, 0.3) is 0 Å². The molecule has 0 aliphatic carbocycles. The van der Waals surface area contributed by atoms with E-state index in [0.717, 1.165) is 31.4 Å². The number of aliphatic hydroxyl groups is 1. The molecule has 8 heteroatoms. The second-order valence-electron chi connectivity index (χ2n) is 6.27. The van der Waals surface area contributed by atoms with Gasteiger partial charge in [-0.3, -0.25) is 4.79 Å². The van der Waals surface area contributed by atoms with E-state index >= 15 is 0 Å². The molecule has 0 saturated heterocycles. The maximum Gasteiger partial charge on any atom is 0.341 e. The number of carbonyl (C=O) groups is 1. The highest BCUT2D eigenvalue weighted by Gasteiger charge is 2.23. The van der Waals surface area contributed by atoms with Crippen molar-refractivity contribution in [1.82, 2.24) is 4.57 Å². The molecule has 0 saturated carbocycles. The Balaban J connectivity index is 2.63. The Labute approximate surface area is 198 Å². The van der Waals surface area contributed by atoms with Crippen molar-refractivity contribution in [3.8, 4) is 5.75 Å². The van der Waals surface area contributed by atoms with Gasteiger partial charge in [0, 0.05) is 35.0 Å². The second-order valence-corrected chi connectivity index (χ2v) is 6.68. The highest BCUT2D eigenvalue weighted by atomic mass is 35.5. The Morgan fingerprint density at radius 3 is 2.74 bits per heavy atom. The third-order valence-corrected chi connectivity index (χ3v) is 4.72. The molecule has 164 valence electrons. The molecule has 0 aliphatic rings. The van der Waals surface area contributed by atoms with Crippen molar-refractivity contribution < 1.29 is 39.2 Å². The summed E-state index contributed by atoms with van der Waals surface area (Å²) in [5.41, 5.74) is -4.41. The molecule has 0 unspecified atom stereocenters. The Morgan fingerprint density at radius 1 is 1.39 bits per heavy atom. The molecule has 0 aliphatic heterocycles. The Kier molecular flexibility index (Phi) is 3.58. The normalized spacial score (nSPS) is 20.4. The number of rotatable bonds is 7. The number of carboxylic acids is 1. The van der Waals surface area contributed by atoms with Crippen LogP contribution < -0.4 is 10.2 Å². The largest absolute Gasteiger partial charge is 0.496 e. The fourth-order valence-corrected chi connectivity index (χ4v) is 3.15. The van der Waals surface area contributed by atoms with Crippen LogP contribution in [-0.4, -0.2) is 34.4 Å². The van der Waals surface area contributed by atoms with Gasteiger partial charge < -0.3 is 19.5 Å². The van der Waals surface area contributed by atoms with Crippen molar-refractivity contribution >= 4 is 28.5 Å². The van der Waals surface area contributed by atoms with Crippen LogP contribution in [0.2, 0.25) is 5.02 Å². The van der Waals surface area contributed by atoms with Crippen molar-refractivity contribution in [3.63, 3.8) is 0 Å². The number of methoxy groups -OCH3 is 1. The first-order valence-electron chi connectivity index (χ1n) is 14.1. The third kappa shape index (κ3) is 4.29. The van der Waals surface area contributed by atoms with Crippen LogP contribution in [0.25, 0.3) is 10.9 Å². The first-order valence-corrected chi connectivity index (χ1v) is 8.98. The number of nitrogens with zero attached hydrogens (tertiary/aromatic N) is 1. The molecule has 0 bridgehead atoms. The minimum Gasteiger partial charge on any atom is -0.496 e. The van der Waals surface area contributed by atoms with Crippen molar-refractivity contribution in [1.29, 1.82) is 0 Å². The summed E-state index contributed by atoms with van der Waals surface area (Å²) in [6, 6.07) is 1.20. The van der Waals surface area contributed by atoms with Crippen LogP contribution in [0, 0.1) is 11.7 Å². The van der Waals surface area contributed by atoms with E-state index in [0.29, 0.717) is 6.20 Å². The van der Waals surface area contributed by atoms with Crippen molar-refractivity contribution in [2.45, 2.75) is 26.1 Å². The summed E-state index contributed by atoms with van der Waals surface area (Å²) in [7, 11) is 1.02. The molecule has 3 aromatic rings. The van der Waals surface area contributed by atoms with Gasteiger partial charge in [-0.1, -0.05) is 37.4 Å². The molecule has 0 amide bonds. The number of halogens is 2. The van der Waals surface area contributed by atoms with Crippen LogP contribution in [0.15, 0.2) is 41.3 Å². The predicted molar refractivity (Wildman–Crippen MR) is 117 cm³/mol. The number of pyridine rings is 1. The topological polar surface area (TPSA) is 88.8 Å². The van der Waals surface area contributed by atoms with E-state index in [2.05, 4.69) is 0 Å². The standard InChI is InChI=1S/C23H23ClFNO5/c1-12(2)19(11-27)26-10-16(23(29)30)22(28)15-8-14(20(31-3)9-18(15)26)7-13-5-4-6-17(24)21(13)25/h4-6,8-10,12,19,27H,7,11H2,1-3H3,(H,29,30)/t19-/m1/s1/i1D3,2D3,7D2,11D2,19D. The van der Waals surface area contributed by atoms with Gasteiger partial charge in [0.15, 0.2) is 0 Å². The molecule has 0 spiro atoms. The average Bonchev–Trinajstić information content (AvgIpc) is 2.82. The van der Waals surface area contributed by atoms with Gasteiger partial charge in [0.1, 0.15) is 17.1 Å². The number of aromatic nitrogens is 1.